The van der Waals surface area contributed by atoms with E-state index in [9.17, 15) is 4.79 Å². The molecule has 8 heteroatoms. The molecule has 0 aromatic carbocycles. The average Bonchev–Trinajstić information content (AvgIpc) is 3.32. The summed E-state index contributed by atoms with van der Waals surface area (Å²) in [5.74, 6) is 0.797. The number of fused-ring (bicyclic) bond motifs is 3. The fourth-order valence-corrected chi connectivity index (χ4v) is 6.51. The minimum absolute atomic E-state index is 0.0441. The minimum Gasteiger partial charge on any atom is -0.309 e. The first-order chi connectivity index (χ1) is 13.2. The minimum atomic E-state index is 0.0441. The van der Waals surface area contributed by atoms with E-state index in [-0.39, 0.29) is 5.56 Å². The van der Waals surface area contributed by atoms with E-state index in [2.05, 4.69) is 20.9 Å². The number of piperazine rings is 1. The van der Waals surface area contributed by atoms with Gasteiger partial charge in [-0.3, -0.25) is 14.6 Å². The molecule has 1 aliphatic heterocycles. The van der Waals surface area contributed by atoms with Crippen LogP contribution in [0.2, 0.25) is 4.34 Å². The van der Waals surface area contributed by atoms with E-state index in [0.29, 0.717) is 6.54 Å². The van der Waals surface area contributed by atoms with E-state index in [1.807, 2.05) is 6.07 Å². The maximum atomic E-state index is 12.6. The third-order valence-corrected chi connectivity index (χ3v) is 7.87. The number of nitrogens with one attached hydrogen (secondary N) is 1. The number of aryl methyl sites for hydroxylation is 2. The van der Waals surface area contributed by atoms with Gasteiger partial charge in [0.15, 0.2) is 0 Å². The van der Waals surface area contributed by atoms with E-state index in [1.54, 1.807) is 22.7 Å². The average molecular weight is 421 g/mol. The van der Waals surface area contributed by atoms with Crippen LogP contribution in [0.25, 0.3) is 10.2 Å². The number of aromatic nitrogens is 2. The fourth-order valence-electron chi connectivity index (χ4n) is 4.10. The molecule has 0 unspecified atom stereocenters. The second-order valence-corrected chi connectivity index (χ2v) is 10.2. The Morgan fingerprint density at radius 2 is 1.85 bits per heavy atom. The van der Waals surface area contributed by atoms with Gasteiger partial charge in [0.05, 0.1) is 16.3 Å². The smallest absolute Gasteiger partial charge is 0.259 e. The summed E-state index contributed by atoms with van der Waals surface area (Å²) in [7, 11) is 0. The summed E-state index contributed by atoms with van der Waals surface area (Å²) in [5, 5.41) is 0.843. The van der Waals surface area contributed by atoms with Crippen LogP contribution in [0.4, 0.5) is 0 Å². The molecule has 142 valence electrons. The van der Waals surface area contributed by atoms with Crippen LogP contribution in [0, 0.1) is 0 Å². The number of hydrogen-bond acceptors (Lipinski definition) is 6. The van der Waals surface area contributed by atoms with E-state index >= 15 is 0 Å². The lowest BCUT2D eigenvalue weighted by molar-refractivity contribution is 0.120. The lowest BCUT2D eigenvalue weighted by Crippen LogP contribution is -2.45. The van der Waals surface area contributed by atoms with Crippen molar-refractivity contribution < 1.29 is 0 Å². The Morgan fingerprint density at radius 3 is 2.59 bits per heavy atom. The molecule has 3 aromatic heterocycles. The molecule has 4 heterocycles. The monoisotopic (exact) mass is 420 g/mol. The maximum absolute atomic E-state index is 12.6. The van der Waals surface area contributed by atoms with Crippen LogP contribution >= 0.6 is 34.3 Å². The number of H-pyrrole nitrogens is 1. The third kappa shape index (κ3) is 3.59. The standard InChI is InChI=1S/C19H21ClN4OS2/c20-15-5-4-12(26-15)10-23-6-8-24(9-7-23)11-16-21-18(25)17-13-2-1-3-14(13)27-19(17)22-16/h4-5H,1-3,6-11H2,(H,21,22,25). The Bertz CT molecular complexity index is 1030. The Kier molecular flexibility index (Phi) is 4.81. The Hall–Kier alpha value is -1.25. The number of rotatable bonds is 4. The van der Waals surface area contributed by atoms with Gasteiger partial charge in [-0.05, 0) is 37.0 Å². The lowest BCUT2D eigenvalue weighted by Gasteiger charge is -2.34. The topological polar surface area (TPSA) is 52.2 Å². The SMILES string of the molecule is O=c1[nH]c(CN2CCN(Cc3ccc(Cl)s3)CC2)nc2sc3c(c12)CCC3. The first-order valence-corrected chi connectivity index (χ1v) is 11.4. The van der Waals surface area contributed by atoms with Crippen molar-refractivity contribution in [2.24, 2.45) is 0 Å². The molecule has 0 saturated carbocycles. The quantitative estimate of drug-likeness (QED) is 0.701. The van der Waals surface area contributed by atoms with E-state index in [0.717, 1.165) is 65.9 Å². The molecule has 1 fully saturated rings. The van der Waals surface area contributed by atoms with Crippen molar-refractivity contribution in [3.63, 3.8) is 0 Å². The van der Waals surface area contributed by atoms with Gasteiger partial charge < -0.3 is 4.98 Å². The summed E-state index contributed by atoms with van der Waals surface area (Å²) >= 11 is 9.40. The van der Waals surface area contributed by atoms with Gasteiger partial charge in [0.1, 0.15) is 10.7 Å². The van der Waals surface area contributed by atoms with Gasteiger partial charge in [-0.2, -0.15) is 0 Å². The van der Waals surface area contributed by atoms with Crippen molar-refractivity contribution in [3.8, 4) is 0 Å². The lowest BCUT2D eigenvalue weighted by atomic mass is 10.2. The molecule has 0 radical (unpaired) electrons. The molecular formula is C19H21ClN4OS2. The summed E-state index contributed by atoms with van der Waals surface area (Å²) in [6.45, 7) is 5.70. The van der Waals surface area contributed by atoms with Gasteiger partial charge in [0.25, 0.3) is 5.56 Å². The predicted octanol–water partition coefficient (Wildman–Crippen LogP) is 3.51. The molecule has 1 saturated heterocycles. The highest BCUT2D eigenvalue weighted by atomic mass is 35.5. The number of aromatic amines is 1. The van der Waals surface area contributed by atoms with Crippen molar-refractivity contribution in [2.75, 3.05) is 26.2 Å². The van der Waals surface area contributed by atoms with Crippen molar-refractivity contribution in [1.29, 1.82) is 0 Å². The molecule has 5 nitrogen and oxygen atoms in total. The molecule has 0 atom stereocenters. The van der Waals surface area contributed by atoms with Gasteiger partial charge in [0, 0.05) is 42.5 Å². The highest BCUT2D eigenvalue weighted by Gasteiger charge is 2.22. The highest BCUT2D eigenvalue weighted by molar-refractivity contribution is 7.18. The molecule has 1 aliphatic carbocycles. The second-order valence-electron chi connectivity index (χ2n) is 7.31. The summed E-state index contributed by atoms with van der Waals surface area (Å²) in [5.41, 5.74) is 1.29. The molecule has 1 N–H and O–H groups in total. The van der Waals surface area contributed by atoms with Crippen LogP contribution in [-0.4, -0.2) is 45.9 Å². The van der Waals surface area contributed by atoms with Crippen LogP contribution in [0.15, 0.2) is 16.9 Å². The number of hydrogen-bond donors (Lipinski definition) is 1. The van der Waals surface area contributed by atoms with Gasteiger partial charge in [-0.1, -0.05) is 11.6 Å². The summed E-state index contributed by atoms with van der Waals surface area (Å²) in [4.78, 5) is 28.9. The Morgan fingerprint density at radius 1 is 1.07 bits per heavy atom. The van der Waals surface area contributed by atoms with Crippen molar-refractivity contribution in [1.82, 2.24) is 19.8 Å². The maximum Gasteiger partial charge on any atom is 0.259 e. The summed E-state index contributed by atoms with van der Waals surface area (Å²) in [6, 6.07) is 4.08. The Labute approximate surface area is 170 Å². The second kappa shape index (κ2) is 7.29. The summed E-state index contributed by atoms with van der Waals surface area (Å²) in [6.07, 6.45) is 3.29. The molecule has 5 rings (SSSR count). The first kappa shape index (κ1) is 17.8. The van der Waals surface area contributed by atoms with Crippen molar-refractivity contribution in [3.05, 3.63) is 48.0 Å². The molecule has 0 spiro atoms. The molecular weight excluding hydrogens is 400 g/mol. The van der Waals surface area contributed by atoms with Gasteiger partial charge in [-0.15, -0.1) is 22.7 Å². The molecule has 3 aromatic rings. The van der Waals surface area contributed by atoms with Gasteiger partial charge in [0.2, 0.25) is 0 Å². The highest BCUT2D eigenvalue weighted by Crippen LogP contribution is 2.34. The fraction of sp³-hybridized carbons (Fsp3) is 0.474. The van der Waals surface area contributed by atoms with E-state index < -0.39 is 0 Å². The van der Waals surface area contributed by atoms with Crippen molar-refractivity contribution >= 4 is 44.5 Å². The van der Waals surface area contributed by atoms with Crippen molar-refractivity contribution in [2.45, 2.75) is 32.4 Å². The van der Waals surface area contributed by atoms with Crippen LogP contribution < -0.4 is 5.56 Å². The third-order valence-electron chi connectivity index (χ3n) is 5.47. The largest absolute Gasteiger partial charge is 0.309 e. The molecule has 2 aliphatic rings. The van der Waals surface area contributed by atoms with Gasteiger partial charge in [-0.25, -0.2) is 4.98 Å². The zero-order chi connectivity index (χ0) is 18.4. The zero-order valence-electron chi connectivity index (χ0n) is 15.0. The Balaban J connectivity index is 1.24. The molecule has 0 bridgehead atoms. The molecule has 0 amide bonds. The normalized spacial score (nSPS) is 18.4. The van der Waals surface area contributed by atoms with E-state index in [4.69, 9.17) is 16.6 Å². The van der Waals surface area contributed by atoms with Crippen LogP contribution in [0.3, 0.4) is 0 Å². The first-order valence-electron chi connectivity index (χ1n) is 9.38. The van der Waals surface area contributed by atoms with Gasteiger partial charge >= 0.3 is 0 Å². The van der Waals surface area contributed by atoms with Crippen LogP contribution in [-0.2, 0) is 25.9 Å². The number of halogens is 1. The van der Waals surface area contributed by atoms with Crippen LogP contribution in [0.1, 0.15) is 27.6 Å². The number of thiophene rings is 2. The summed E-state index contributed by atoms with van der Waals surface area (Å²) < 4.78 is 0.855. The number of nitrogens with zero attached hydrogens (tertiary/aromatic N) is 3. The van der Waals surface area contributed by atoms with Crippen LogP contribution in [0.5, 0.6) is 0 Å². The zero-order valence-corrected chi connectivity index (χ0v) is 17.4. The predicted molar refractivity (Wildman–Crippen MR) is 112 cm³/mol. The molecule has 27 heavy (non-hydrogen) atoms. The van der Waals surface area contributed by atoms with E-state index in [1.165, 1.54) is 21.7 Å².